The number of anilines is 1. The summed E-state index contributed by atoms with van der Waals surface area (Å²) in [5.41, 5.74) is 5.40. The Labute approximate surface area is 109 Å². The molecule has 3 N–H and O–H groups in total. The predicted octanol–water partition coefficient (Wildman–Crippen LogP) is -0.365. The zero-order valence-electron chi connectivity index (χ0n) is 9.74. The van der Waals surface area contributed by atoms with Gasteiger partial charge < -0.3 is 5.73 Å². The van der Waals surface area contributed by atoms with Crippen LogP contribution in [0.25, 0.3) is 0 Å². The maximum absolute atomic E-state index is 12.0. The Morgan fingerprint density at radius 1 is 1.33 bits per heavy atom. The molecular weight excluding hydrogens is 274 g/mol. The molecule has 1 aliphatic heterocycles. The summed E-state index contributed by atoms with van der Waals surface area (Å²) in [4.78, 5) is 2.35. The van der Waals surface area contributed by atoms with Crippen molar-refractivity contribution in [2.24, 2.45) is 0 Å². The fourth-order valence-corrected chi connectivity index (χ4v) is 4.32. The highest BCUT2D eigenvalue weighted by Gasteiger charge is 2.36. The van der Waals surface area contributed by atoms with Gasteiger partial charge in [0.05, 0.1) is 0 Å². The highest BCUT2D eigenvalue weighted by molar-refractivity contribution is 7.91. The minimum atomic E-state index is -3.56. The number of sulfonamides is 1. The third-order valence-corrected chi connectivity index (χ3v) is 5.90. The standard InChI is InChI=1S/C9H15N5O2S2/c10-8-11-12-9(17-8)18(15,16)13-6-3-4-14(5-6)7-1-2-7/h6-7,13H,1-5H2,(H2,10,11). The number of hydrogen-bond donors (Lipinski definition) is 2. The van der Waals surface area contributed by atoms with Crippen LogP contribution in [-0.4, -0.2) is 48.7 Å². The highest BCUT2D eigenvalue weighted by atomic mass is 32.2. The summed E-state index contributed by atoms with van der Waals surface area (Å²) in [6.07, 6.45) is 3.34. The topological polar surface area (TPSA) is 101 Å². The molecule has 100 valence electrons. The number of nitrogens with one attached hydrogen (secondary N) is 1. The van der Waals surface area contributed by atoms with Gasteiger partial charge in [0, 0.05) is 25.2 Å². The minimum Gasteiger partial charge on any atom is -0.374 e. The lowest BCUT2D eigenvalue weighted by Gasteiger charge is -2.14. The molecule has 1 unspecified atom stereocenters. The average molecular weight is 289 g/mol. The van der Waals surface area contributed by atoms with Crippen molar-refractivity contribution < 1.29 is 8.42 Å². The van der Waals surface area contributed by atoms with Gasteiger partial charge in [-0.05, 0) is 19.3 Å². The number of hydrogen-bond acceptors (Lipinski definition) is 7. The summed E-state index contributed by atoms with van der Waals surface area (Å²) in [6, 6.07) is 0.650. The lowest BCUT2D eigenvalue weighted by molar-refractivity contribution is 0.322. The largest absolute Gasteiger partial charge is 0.374 e. The quantitative estimate of drug-likeness (QED) is 0.784. The van der Waals surface area contributed by atoms with E-state index in [0.29, 0.717) is 6.04 Å². The summed E-state index contributed by atoms with van der Waals surface area (Å²) in [5.74, 6) is 0. The summed E-state index contributed by atoms with van der Waals surface area (Å²) >= 11 is 0.889. The fourth-order valence-electron chi connectivity index (χ4n) is 2.25. The van der Waals surface area contributed by atoms with Crippen molar-refractivity contribution in [3.05, 3.63) is 0 Å². The van der Waals surface area contributed by atoms with Crippen molar-refractivity contribution in [1.29, 1.82) is 0 Å². The van der Waals surface area contributed by atoms with Gasteiger partial charge in [0.15, 0.2) is 0 Å². The molecule has 2 heterocycles. The first-order valence-corrected chi connectivity index (χ1v) is 8.20. The average Bonchev–Trinajstić information content (AvgIpc) is 2.89. The Hall–Kier alpha value is -0.770. The van der Waals surface area contributed by atoms with Crippen LogP contribution in [0.1, 0.15) is 19.3 Å². The van der Waals surface area contributed by atoms with E-state index in [1.807, 2.05) is 0 Å². The molecule has 9 heteroatoms. The van der Waals surface area contributed by atoms with Gasteiger partial charge in [0.2, 0.25) is 9.47 Å². The van der Waals surface area contributed by atoms with E-state index in [4.69, 9.17) is 5.73 Å². The minimum absolute atomic E-state index is 0.0271. The van der Waals surface area contributed by atoms with Gasteiger partial charge >= 0.3 is 0 Å². The lowest BCUT2D eigenvalue weighted by atomic mass is 10.3. The molecule has 2 fully saturated rings. The third kappa shape index (κ3) is 2.48. The zero-order valence-corrected chi connectivity index (χ0v) is 11.4. The van der Waals surface area contributed by atoms with Crippen molar-refractivity contribution in [1.82, 2.24) is 19.8 Å². The molecule has 18 heavy (non-hydrogen) atoms. The summed E-state index contributed by atoms with van der Waals surface area (Å²) in [5, 5.41) is 7.27. The molecule has 2 aliphatic rings. The molecule has 0 spiro atoms. The maximum atomic E-state index is 12.0. The van der Waals surface area contributed by atoms with E-state index in [0.717, 1.165) is 30.8 Å². The summed E-state index contributed by atoms with van der Waals surface area (Å²) in [7, 11) is -3.56. The van der Waals surface area contributed by atoms with Crippen molar-refractivity contribution in [3.63, 3.8) is 0 Å². The molecule has 0 radical (unpaired) electrons. The number of nitrogens with zero attached hydrogens (tertiary/aromatic N) is 3. The lowest BCUT2D eigenvalue weighted by Crippen LogP contribution is -2.37. The van der Waals surface area contributed by atoms with Crippen molar-refractivity contribution >= 4 is 26.5 Å². The second kappa shape index (κ2) is 4.41. The van der Waals surface area contributed by atoms with E-state index >= 15 is 0 Å². The van der Waals surface area contributed by atoms with Gasteiger partial charge in [-0.3, -0.25) is 4.90 Å². The summed E-state index contributed by atoms with van der Waals surface area (Å²) < 4.78 is 26.7. The van der Waals surface area contributed by atoms with Crippen molar-refractivity contribution in [2.75, 3.05) is 18.8 Å². The van der Waals surface area contributed by atoms with Gasteiger partial charge in [0.1, 0.15) is 0 Å². The summed E-state index contributed by atoms with van der Waals surface area (Å²) in [6.45, 7) is 1.76. The highest BCUT2D eigenvalue weighted by Crippen LogP contribution is 2.30. The predicted molar refractivity (Wildman–Crippen MR) is 67.6 cm³/mol. The Balaban J connectivity index is 1.65. The van der Waals surface area contributed by atoms with E-state index in [-0.39, 0.29) is 15.5 Å². The fraction of sp³-hybridized carbons (Fsp3) is 0.778. The smallest absolute Gasteiger partial charge is 0.270 e. The van der Waals surface area contributed by atoms with Crippen LogP contribution < -0.4 is 10.5 Å². The molecule has 0 amide bonds. The second-order valence-electron chi connectivity index (χ2n) is 4.74. The SMILES string of the molecule is Nc1nnc(S(=O)(=O)NC2CCN(C3CC3)C2)s1. The van der Waals surface area contributed by atoms with Crippen LogP contribution in [-0.2, 0) is 10.0 Å². The normalized spacial score (nSPS) is 25.7. The van der Waals surface area contributed by atoms with E-state index < -0.39 is 10.0 Å². The van der Waals surface area contributed by atoms with Gasteiger partial charge in [-0.2, -0.15) is 0 Å². The van der Waals surface area contributed by atoms with Crippen LogP contribution in [0, 0.1) is 0 Å². The van der Waals surface area contributed by atoms with E-state index in [1.165, 1.54) is 12.8 Å². The molecule has 1 aliphatic carbocycles. The number of rotatable bonds is 4. The van der Waals surface area contributed by atoms with Gasteiger partial charge in [-0.25, -0.2) is 13.1 Å². The van der Waals surface area contributed by atoms with Crippen molar-refractivity contribution in [2.45, 2.75) is 35.7 Å². The maximum Gasteiger partial charge on any atom is 0.270 e. The molecular formula is C9H15N5O2S2. The first-order chi connectivity index (χ1) is 8.54. The van der Waals surface area contributed by atoms with Crippen LogP contribution in [0.4, 0.5) is 5.13 Å². The number of aromatic nitrogens is 2. The molecule has 1 saturated heterocycles. The Morgan fingerprint density at radius 3 is 2.72 bits per heavy atom. The molecule has 1 aromatic rings. The molecule has 0 bridgehead atoms. The molecule has 7 nitrogen and oxygen atoms in total. The molecule has 0 aromatic carbocycles. The molecule has 1 aromatic heterocycles. The van der Waals surface area contributed by atoms with E-state index in [9.17, 15) is 8.42 Å². The molecule has 1 atom stereocenters. The number of likely N-dealkylation sites (tertiary alicyclic amines) is 1. The van der Waals surface area contributed by atoms with Gasteiger partial charge in [0.25, 0.3) is 10.0 Å². The van der Waals surface area contributed by atoms with Crippen LogP contribution in [0.15, 0.2) is 4.34 Å². The number of nitrogens with two attached hydrogens (primary N) is 1. The number of nitrogen functional groups attached to an aromatic ring is 1. The van der Waals surface area contributed by atoms with Gasteiger partial charge in [-0.15, -0.1) is 10.2 Å². The van der Waals surface area contributed by atoms with Crippen LogP contribution in [0.3, 0.4) is 0 Å². The monoisotopic (exact) mass is 289 g/mol. The Bertz CT molecular complexity index is 539. The zero-order chi connectivity index (χ0) is 12.8. The molecule has 1 saturated carbocycles. The Kier molecular flexibility index (Phi) is 3.00. The molecule has 3 rings (SSSR count). The van der Waals surface area contributed by atoms with E-state index in [2.05, 4.69) is 19.8 Å². The first kappa shape index (κ1) is 12.3. The Morgan fingerprint density at radius 2 is 2.11 bits per heavy atom. The van der Waals surface area contributed by atoms with E-state index in [1.54, 1.807) is 0 Å². The van der Waals surface area contributed by atoms with Crippen LogP contribution in [0.5, 0.6) is 0 Å². The van der Waals surface area contributed by atoms with Crippen LogP contribution in [0.2, 0.25) is 0 Å². The van der Waals surface area contributed by atoms with Gasteiger partial charge in [-0.1, -0.05) is 11.3 Å². The first-order valence-electron chi connectivity index (χ1n) is 5.90. The second-order valence-corrected chi connectivity index (χ2v) is 7.64. The van der Waals surface area contributed by atoms with Crippen molar-refractivity contribution in [3.8, 4) is 0 Å². The van der Waals surface area contributed by atoms with Crippen LogP contribution >= 0.6 is 11.3 Å². The third-order valence-electron chi connectivity index (χ3n) is 3.26.